The number of halogens is 1. The molecule has 0 unspecified atom stereocenters. The Kier molecular flexibility index (Phi) is 4.21. The van der Waals surface area contributed by atoms with Gasteiger partial charge in [-0.15, -0.1) is 0 Å². The van der Waals surface area contributed by atoms with Crippen molar-refractivity contribution in [3.63, 3.8) is 0 Å². The topological polar surface area (TPSA) is 56.1 Å². The van der Waals surface area contributed by atoms with Gasteiger partial charge in [-0.05, 0) is 18.2 Å². The van der Waals surface area contributed by atoms with Crippen LogP contribution in [0.2, 0.25) is 0 Å². The van der Waals surface area contributed by atoms with Crippen molar-refractivity contribution in [2.45, 2.75) is 6.54 Å². The highest BCUT2D eigenvalue weighted by atomic mass is 79.9. The molecular weight excluding hydrogens is 310 g/mol. The maximum Gasteiger partial charge on any atom is 0.254 e. The van der Waals surface area contributed by atoms with Gasteiger partial charge in [0.2, 0.25) is 0 Å². The number of methoxy groups -OCH3 is 1. The van der Waals surface area contributed by atoms with Crippen LogP contribution < -0.4 is 10.1 Å². The fourth-order valence-corrected chi connectivity index (χ4v) is 2.11. The van der Waals surface area contributed by atoms with Gasteiger partial charge >= 0.3 is 0 Å². The van der Waals surface area contributed by atoms with E-state index < -0.39 is 0 Å². The van der Waals surface area contributed by atoms with Crippen LogP contribution in [0.1, 0.15) is 15.9 Å². The highest BCUT2D eigenvalue weighted by Crippen LogP contribution is 2.22. The number of aromatic nitrogens is 2. The first-order chi connectivity index (χ1) is 9.10. The van der Waals surface area contributed by atoms with Crippen molar-refractivity contribution in [2.24, 2.45) is 7.05 Å². The van der Waals surface area contributed by atoms with E-state index in [0.29, 0.717) is 12.1 Å². The molecule has 1 aromatic carbocycles. The molecule has 6 heteroatoms. The second kappa shape index (κ2) is 5.88. The summed E-state index contributed by atoms with van der Waals surface area (Å²) in [5.74, 6) is 0.588. The standard InChI is InChI=1S/C13H14BrN3O2/c1-17-8-10(7-16-17)13(18)15-6-9-5-11(14)3-4-12(9)19-2/h3-5,7-8H,6H2,1-2H3,(H,15,18). The lowest BCUT2D eigenvalue weighted by molar-refractivity contribution is 0.0950. The molecule has 0 spiro atoms. The first-order valence-electron chi connectivity index (χ1n) is 5.69. The number of ether oxygens (including phenoxy) is 1. The van der Waals surface area contributed by atoms with Crippen LogP contribution in [0.25, 0.3) is 0 Å². The molecule has 1 aromatic heterocycles. The molecule has 0 atom stereocenters. The van der Waals surface area contributed by atoms with Crippen molar-refractivity contribution in [1.29, 1.82) is 0 Å². The second-order valence-corrected chi connectivity index (χ2v) is 4.96. The van der Waals surface area contributed by atoms with Crippen molar-refractivity contribution < 1.29 is 9.53 Å². The summed E-state index contributed by atoms with van der Waals surface area (Å²) in [5, 5.41) is 6.80. The predicted octanol–water partition coefficient (Wildman–Crippen LogP) is 2.12. The summed E-state index contributed by atoms with van der Waals surface area (Å²) >= 11 is 3.40. The zero-order valence-electron chi connectivity index (χ0n) is 10.7. The molecule has 0 aliphatic rings. The Morgan fingerprint density at radius 3 is 2.95 bits per heavy atom. The number of nitrogens with zero attached hydrogens (tertiary/aromatic N) is 2. The highest BCUT2D eigenvalue weighted by Gasteiger charge is 2.09. The molecule has 1 heterocycles. The maximum absolute atomic E-state index is 11.9. The summed E-state index contributed by atoms with van der Waals surface area (Å²) in [5.41, 5.74) is 1.45. The van der Waals surface area contributed by atoms with E-state index in [4.69, 9.17) is 4.74 Å². The van der Waals surface area contributed by atoms with Crippen LogP contribution in [0.4, 0.5) is 0 Å². The molecular formula is C13H14BrN3O2. The lowest BCUT2D eigenvalue weighted by atomic mass is 10.2. The monoisotopic (exact) mass is 323 g/mol. The summed E-state index contributed by atoms with van der Waals surface area (Å²) in [6, 6.07) is 5.67. The van der Waals surface area contributed by atoms with Crippen molar-refractivity contribution in [3.8, 4) is 5.75 Å². The number of nitrogens with one attached hydrogen (secondary N) is 1. The van der Waals surface area contributed by atoms with Gasteiger partial charge in [0.15, 0.2) is 0 Å². The zero-order valence-corrected chi connectivity index (χ0v) is 12.3. The van der Waals surface area contributed by atoms with E-state index in [-0.39, 0.29) is 5.91 Å². The quantitative estimate of drug-likeness (QED) is 0.937. The van der Waals surface area contributed by atoms with E-state index in [2.05, 4.69) is 26.3 Å². The van der Waals surface area contributed by atoms with Crippen LogP contribution >= 0.6 is 15.9 Å². The van der Waals surface area contributed by atoms with Gasteiger partial charge in [0.1, 0.15) is 5.75 Å². The van der Waals surface area contributed by atoms with Crippen molar-refractivity contribution >= 4 is 21.8 Å². The molecule has 0 bridgehead atoms. The van der Waals surface area contributed by atoms with Crippen LogP contribution in [-0.2, 0) is 13.6 Å². The van der Waals surface area contributed by atoms with Crippen LogP contribution in [0, 0.1) is 0 Å². The lowest BCUT2D eigenvalue weighted by Gasteiger charge is -2.09. The Hall–Kier alpha value is -1.82. The molecule has 0 aliphatic carbocycles. The van der Waals surface area contributed by atoms with Gasteiger partial charge in [0, 0.05) is 29.8 Å². The fourth-order valence-electron chi connectivity index (χ4n) is 1.70. The number of carbonyl (C=O) groups excluding carboxylic acids is 1. The SMILES string of the molecule is COc1ccc(Br)cc1CNC(=O)c1cnn(C)c1. The molecule has 0 aliphatic heterocycles. The zero-order chi connectivity index (χ0) is 13.8. The molecule has 1 N–H and O–H groups in total. The van der Waals surface area contributed by atoms with Crippen LogP contribution in [0.15, 0.2) is 35.1 Å². The Labute approximate surface area is 119 Å². The molecule has 0 saturated carbocycles. The minimum Gasteiger partial charge on any atom is -0.496 e. The van der Waals surface area contributed by atoms with E-state index in [0.717, 1.165) is 15.8 Å². The maximum atomic E-state index is 11.9. The average Bonchev–Trinajstić information content (AvgIpc) is 2.83. The molecule has 2 rings (SSSR count). The first kappa shape index (κ1) is 13.6. The van der Waals surface area contributed by atoms with Gasteiger partial charge in [-0.1, -0.05) is 15.9 Å². The largest absolute Gasteiger partial charge is 0.496 e. The molecule has 0 saturated heterocycles. The highest BCUT2D eigenvalue weighted by molar-refractivity contribution is 9.10. The minimum atomic E-state index is -0.157. The second-order valence-electron chi connectivity index (χ2n) is 4.04. The Morgan fingerprint density at radius 2 is 2.32 bits per heavy atom. The van der Waals surface area contributed by atoms with Gasteiger partial charge in [0.25, 0.3) is 5.91 Å². The predicted molar refractivity (Wildman–Crippen MR) is 75.1 cm³/mol. The van der Waals surface area contributed by atoms with Crippen molar-refractivity contribution in [3.05, 3.63) is 46.2 Å². The number of hydrogen-bond acceptors (Lipinski definition) is 3. The number of amides is 1. The number of benzene rings is 1. The summed E-state index contributed by atoms with van der Waals surface area (Å²) in [6.07, 6.45) is 3.21. The minimum absolute atomic E-state index is 0.157. The Balaban J connectivity index is 2.06. The van der Waals surface area contributed by atoms with Gasteiger partial charge in [-0.25, -0.2) is 0 Å². The summed E-state index contributed by atoms with van der Waals surface area (Å²) in [6.45, 7) is 0.399. The molecule has 5 nitrogen and oxygen atoms in total. The molecule has 0 fully saturated rings. The Bertz CT molecular complexity index is 595. The van der Waals surface area contributed by atoms with E-state index in [1.807, 2.05) is 18.2 Å². The van der Waals surface area contributed by atoms with Crippen molar-refractivity contribution in [2.75, 3.05) is 7.11 Å². The normalized spacial score (nSPS) is 10.3. The molecule has 1 amide bonds. The Morgan fingerprint density at radius 1 is 1.53 bits per heavy atom. The van der Waals surface area contributed by atoms with Gasteiger partial charge in [-0.2, -0.15) is 5.10 Å². The third-order valence-corrected chi connectivity index (χ3v) is 3.14. The van der Waals surface area contributed by atoms with Crippen molar-refractivity contribution in [1.82, 2.24) is 15.1 Å². The van der Waals surface area contributed by atoms with Crippen LogP contribution in [-0.4, -0.2) is 22.8 Å². The summed E-state index contributed by atoms with van der Waals surface area (Å²) in [7, 11) is 3.38. The number of aryl methyl sites for hydroxylation is 1. The van der Waals surface area contributed by atoms with E-state index in [1.54, 1.807) is 25.0 Å². The van der Waals surface area contributed by atoms with E-state index >= 15 is 0 Å². The van der Waals surface area contributed by atoms with E-state index in [1.165, 1.54) is 6.20 Å². The van der Waals surface area contributed by atoms with Gasteiger partial charge < -0.3 is 10.1 Å². The third kappa shape index (κ3) is 3.35. The summed E-state index contributed by atoms with van der Waals surface area (Å²) < 4.78 is 7.79. The molecule has 0 radical (unpaired) electrons. The molecule has 2 aromatic rings. The number of hydrogen-bond donors (Lipinski definition) is 1. The number of carbonyl (C=O) groups is 1. The number of rotatable bonds is 4. The third-order valence-electron chi connectivity index (χ3n) is 2.65. The van der Waals surface area contributed by atoms with Gasteiger partial charge in [-0.3, -0.25) is 9.48 Å². The lowest BCUT2D eigenvalue weighted by Crippen LogP contribution is -2.22. The first-order valence-corrected chi connectivity index (χ1v) is 6.48. The van der Waals surface area contributed by atoms with Crippen LogP contribution in [0.3, 0.4) is 0 Å². The summed E-state index contributed by atoms with van der Waals surface area (Å²) in [4.78, 5) is 11.9. The van der Waals surface area contributed by atoms with Gasteiger partial charge in [0.05, 0.1) is 18.9 Å². The smallest absolute Gasteiger partial charge is 0.254 e. The van der Waals surface area contributed by atoms with Crippen LogP contribution in [0.5, 0.6) is 5.75 Å². The molecule has 100 valence electrons. The average molecular weight is 324 g/mol. The fraction of sp³-hybridized carbons (Fsp3) is 0.231. The van der Waals surface area contributed by atoms with E-state index in [9.17, 15) is 4.79 Å². The molecule has 19 heavy (non-hydrogen) atoms.